The Morgan fingerprint density at radius 2 is 2.07 bits per heavy atom. The number of aliphatic carboxylic acids is 1. The predicted octanol–water partition coefficient (Wildman–Crippen LogP) is 1.90. The van der Waals surface area contributed by atoms with E-state index in [0.29, 0.717) is 18.9 Å². The number of ether oxygens (including phenoxy) is 2. The van der Waals surface area contributed by atoms with E-state index in [2.05, 4.69) is 4.98 Å². The summed E-state index contributed by atoms with van der Waals surface area (Å²) in [5.74, 6) is -0.506. The van der Waals surface area contributed by atoms with Gasteiger partial charge in [-0.1, -0.05) is 18.2 Å². The molecule has 27 heavy (non-hydrogen) atoms. The summed E-state index contributed by atoms with van der Waals surface area (Å²) >= 11 is 0. The Morgan fingerprint density at radius 1 is 1.26 bits per heavy atom. The SMILES string of the molecule is C[C@@H]1CN(C(=O)Cc2cccc(OCc3cccnc3)c2)CC(C(=O)O)O1. The van der Waals surface area contributed by atoms with Crippen molar-refractivity contribution in [1.82, 2.24) is 9.88 Å². The van der Waals surface area contributed by atoms with Gasteiger partial charge in [0.25, 0.3) is 0 Å². The highest BCUT2D eigenvalue weighted by atomic mass is 16.5. The van der Waals surface area contributed by atoms with Crippen molar-refractivity contribution < 1.29 is 24.2 Å². The lowest BCUT2D eigenvalue weighted by Crippen LogP contribution is -2.52. The van der Waals surface area contributed by atoms with E-state index in [1.165, 1.54) is 0 Å². The van der Waals surface area contributed by atoms with Gasteiger partial charge in [-0.05, 0) is 30.7 Å². The summed E-state index contributed by atoms with van der Waals surface area (Å²) in [7, 11) is 0. The quantitative estimate of drug-likeness (QED) is 0.835. The van der Waals surface area contributed by atoms with Crippen LogP contribution in [0.5, 0.6) is 5.75 Å². The minimum absolute atomic E-state index is 0.0652. The van der Waals surface area contributed by atoms with E-state index in [9.17, 15) is 9.59 Å². The first-order valence-corrected chi connectivity index (χ1v) is 8.78. The standard InChI is InChI=1S/C20H22N2O5/c1-14-11-22(12-18(27-14)20(24)25)19(23)9-15-4-2-6-17(8-15)26-13-16-5-3-7-21-10-16/h2-8,10,14,18H,9,11-13H2,1H3,(H,24,25)/t14-,18?/m1/s1. The topological polar surface area (TPSA) is 89.0 Å². The maximum Gasteiger partial charge on any atom is 0.334 e. The van der Waals surface area contributed by atoms with Crippen LogP contribution >= 0.6 is 0 Å². The lowest BCUT2D eigenvalue weighted by Gasteiger charge is -2.35. The van der Waals surface area contributed by atoms with E-state index >= 15 is 0 Å². The summed E-state index contributed by atoms with van der Waals surface area (Å²) in [6, 6.07) is 11.1. The van der Waals surface area contributed by atoms with Crippen LogP contribution in [0.4, 0.5) is 0 Å². The van der Waals surface area contributed by atoms with Gasteiger partial charge in [0.05, 0.1) is 19.1 Å². The van der Waals surface area contributed by atoms with E-state index < -0.39 is 12.1 Å². The van der Waals surface area contributed by atoms with Gasteiger partial charge in [-0.3, -0.25) is 9.78 Å². The molecule has 0 saturated carbocycles. The minimum atomic E-state index is -1.05. The number of nitrogens with zero attached hydrogens (tertiary/aromatic N) is 2. The monoisotopic (exact) mass is 370 g/mol. The second kappa shape index (κ2) is 8.64. The Kier molecular flexibility index (Phi) is 6.03. The van der Waals surface area contributed by atoms with E-state index in [1.54, 1.807) is 24.2 Å². The average molecular weight is 370 g/mol. The van der Waals surface area contributed by atoms with Crippen LogP contribution in [0.3, 0.4) is 0 Å². The van der Waals surface area contributed by atoms with Crippen LogP contribution in [-0.2, 0) is 27.4 Å². The molecular weight excluding hydrogens is 348 g/mol. The highest BCUT2D eigenvalue weighted by Gasteiger charge is 2.32. The number of morpholine rings is 1. The smallest absolute Gasteiger partial charge is 0.334 e. The maximum atomic E-state index is 12.6. The lowest BCUT2D eigenvalue weighted by molar-refractivity contribution is -0.166. The van der Waals surface area contributed by atoms with Crippen molar-refractivity contribution in [3.63, 3.8) is 0 Å². The highest BCUT2D eigenvalue weighted by molar-refractivity contribution is 5.80. The molecule has 1 amide bonds. The van der Waals surface area contributed by atoms with Crippen molar-refractivity contribution in [2.24, 2.45) is 0 Å². The Labute approximate surface area is 157 Å². The molecule has 1 aromatic carbocycles. The molecule has 7 nitrogen and oxygen atoms in total. The maximum absolute atomic E-state index is 12.6. The minimum Gasteiger partial charge on any atom is -0.489 e. The summed E-state index contributed by atoms with van der Waals surface area (Å²) in [4.78, 5) is 29.4. The van der Waals surface area contributed by atoms with E-state index in [0.717, 1.165) is 11.1 Å². The Balaban J connectivity index is 1.60. The van der Waals surface area contributed by atoms with Gasteiger partial charge in [-0.2, -0.15) is 0 Å². The molecule has 3 rings (SSSR count). The molecule has 0 bridgehead atoms. The van der Waals surface area contributed by atoms with Crippen molar-refractivity contribution >= 4 is 11.9 Å². The molecule has 2 atom stereocenters. The fraction of sp³-hybridized carbons (Fsp3) is 0.350. The van der Waals surface area contributed by atoms with Crippen LogP contribution in [0.1, 0.15) is 18.1 Å². The number of amides is 1. The van der Waals surface area contributed by atoms with Crippen LogP contribution in [0.25, 0.3) is 0 Å². The number of aromatic nitrogens is 1. The Hall–Kier alpha value is -2.93. The molecular formula is C20H22N2O5. The van der Waals surface area contributed by atoms with Crippen LogP contribution in [-0.4, -0.2) is 52.2 Å². The number of benzene rings is 1. The number of carboxylic acid groups (broad SMARTS) is 1. The number of carboxylic acids is 1. The van der Waals surface area contributed by atoms with Crippen LogP contribution in [0.2, 0.25) is 0 Å². The molecule has 1 N–H and O–H groups in total. The zero-order valence-corrected chi connectivity index (χ0v) is 15.1. The summed E-state index contributed by atoms with van der Waals surface area (Å²) in [5, 5.41) is 9.15. The molecule has 1 aliphatic rings. The van der Waals surface area contributed by atoms with Gasteiger partial charge in [0.1, 0.15) is 12.4 Å². The Bertz CT molecular complexity index is 796. The number of pyridine rings is 1. The van der Waals surface area contributed by atoms with Crippen LogP contribution < -0.4 is 4.74 Å². The summed E-state index contributed by atoms with van der Waals surface area (Å²) in [6.45, 7) is 2.62. The summed E-state index contributed by atoms with van der Waals surface area (Å²) in [6.07, 6.45) is 2.34. The molecule has 2 heterocycles. The third-order valence-electron chi connectivity index (χ3n) is 4.27. The lowest BCUT2D eigenvalue weighted by atomic mass is 10.1. The van der Waals surface area contributed by atoms with Gasteiger partial charge < -0.3 is 19.5 Å². The van der Waals surface area contributed by atoms with E-state index in [4.69, 9.17) is 14.6 Å². The summed E-state index contributed by atoms with van der Waals surface area (Å²) < 4.78 is 11.1. The fourth-order valence-electron chi connectivity index (χ4n) is 2.97. The fourth-order valence-corrected chi connectivity index (χ4v) is 2.97. The highest BCUT2D eigenvalue weighted by Crippen LogP contribution is 2.18. The van der Waals surface area contributed by atoms with Gasteiger partial charge in [0, 0.05) is 24.5 Å². The second-order valence-electron chi connectivity index (χ2n) is 6.55. The molecule has 1 unspecified atom stereocenters. The first kappa shape index (κ1) is 18.8. The van der Waals surface area contributed by atoms with Crippen molar-refractivity contribution in [2.75, 3.05) is 13.1 Å². The van der Waals surface area contributed by atoms with Gasteiger partial charge in [0.15, 0.2) is 6.10 Å². The molecule has 1 fully saturated rings. The molecule has 1 aliphatic heterocycles. The number of carbonyl (C=O) groups excluding carboxylic acids is 1. The molecule has 1 saturated heterocycles. The second-order valence-corrected chi connectivity index (χ2v) is 6.55. The van der Waals surface area contributed by atoms with Gasteiger partial charge in [-0.25, -0.2) is 4.79 Å². The zero-order valence-electron chi connectivity index (χ0n) is 15.1. The van der Waals surface area contributed by atoms with E-state index in [-0.39, 0.29) is 25.0 Å². The molecule has 7 heteroatoms. The van der Waals surface area contributed by atoms with Crippen molar-refractivity contribution in [3.05, 3.63) is 59.9 Å². The third kappa shape index (κ3) is 5.27. The zero-order chi connectivity index (χ0) is 19.2. The van der Waals surface area contributed by atoms with Crippen molar-refractivity contribution in [2.45, 2.75) is 32.2 Å². The molecule has 0 aliphatic carbocycles. The Morgan fingerprint density at radius 3 is 2.81 bits per heavy atom. The number of carbonyl (C=O) groups is 2. The largest absolute Gasteiger partial charge is 0.489 e. The normalized spacial score (nSPS) is 19.5. The number of hydrogen-bond acceptors (Lipinski definition) is 5. The van der Waals surface area contributed by atoms with Crippen molar-refractivity contribution in [1.29, 1.82) is 0 Å². The first-order valence-electron chi connectivity index (χ1n) is 8.78. The van der Waals surface area contributed by atoms with Crippen molar-refractivity contribution in [3.8, 4) is 5.75 Å². The van der Waals surface area contributed by atoms with Gasteiger partial charge in [0.2, 0.25) is 5.91 Å². The molecule has 2 aromatic rings. The molecule has 1 aromatic heterocycles. The predicted molar refractivity (Wildman–Crippen MR) is 97.3 cm³/mol. The molecule has 0 radical (unpaired) electrons. The van der Waals surface area contributed by atoms with Crippen LogP contribution in [0.15, 0.2) is 48.8 Å². The van der Waals surface area contributed by atoms with E-state index in [1.807, 2.05) is 36.4 Å². The number of hydrogen-bond donors (Lipinski definition) is 1. The molecule has 142 valence electrons. The van der Waals surface area contributed by atoms with Gasteiger partial charge in [-0.15, -0.1) is 0 Å². The number of rotatable bonds is 6. The average Bonchev–Trinajstić information content (AvgIpc) is 2.67. The van der Waals surface area contributed by atoms with Crippen LogP contribution in [0, 0.1) is 0 Å². The molecule has 0 spiro atoms. The van der Waals surface area contributed by atoms with Gasteiger partial charge >= 0.3 is 5.97 Å². The first-order chi connectivity index (χ1) is 13.0. The third-order valence-corrected chi connectivity index (χ3v) is 4.27. The summed E-state index contributed by atoms with van der Waals surface area (Å²) in [5.41, 5.74) is 1.77.